The molecule has 4 rings (SSSR count). The topological polar surface area (TPSA) is 57.8 Å². The van der Waals surface area contributed by atoms with Crippen molar-refractivity contribution >= 4 is 11.6 Å². The van der Waals surface area contributed by atoms with Gasteiger partial charge in [-0.1, -0.05) is 44.2 Å². The molecule has 2 heterocycles. The number of hydrogen-bond donors (Lipinski definition) is 2. The lowest BCUT2D eigenvalue weighted by Crippen LogP contribution is -2.15. The number of rotatable bonds is 5. The van der Waals surface area contributed by atoms with E-state index in [4.69, 9.17) is 0 Å². The monoisotopic (exact) mass is 399 g/mol. The van der Waals surface area contributed by atoms with Gasteiger partial charge in [0.25, 0.3) is 5.91 Å². The molecule has 4 aromatic rings. The van der Waals surface area contributed by atoms with Crippen LogP contribution in [0.25, 0.3) is 22.4 Å². The van der Waals surface area contributed by atoms with Crippen LogP contribution in [0.5, 0.6) is 0 Å². The zero-order valence-electron chi connectivity index (χ0n) is 16.8. The first-order chi connectivity index (χ1) is 14.5. The largest absolute Gasteiger partial charge is 0.357 e. The second-order valence-corrected chi connectivity index (χ2v) is 7.38. The van der Waals surface area contributed by atoms with E-state index in [1.165, 1.54) is 12.1 Å². The fraction of sp³-hybridized carbons (Fsp3) is 0.120. The first-order valence-electron chi connectivity index (χ1n) is 9.83. The van der Waals surface area contributed by atoms with Crippen molar-refractivity contribution in [1.29, 1.82) is 0 Å². The van der Waals surface area contributed by atoms with Crippen LogP contribution >= 0.6 is 0 Å². The van der Waals surface area contributed by atoms with Crippen molar-refractivity contribution in [1.82, 2.24) is 9.97 Å². The van der Waals surface area contributed by atoms with E-state index in [0.29, 0.717) is 11.3 Å². The van der Waals surface area contributed by atoms with E-state index in [-0.39, 0.29) is 17.6 Å². The molecule has 0 aliphatic heterocycles. The predicted octanol–water partition coefficient (Wildman–Crippen LogP) is 6.26. The third-order valence-corrected chi connectivity index (χ3v) is 4.97. The molecule has 0 unspecified atom stereocenters. The van der Waals surface area contributed by atoms with Gasteiger partial charge < -0.3 is 10.3 Å². The zero-order chi connectivity index (χ0) is 21.1. The minimum Gasteiger partial charge on any atom is -0.357 e. The van der Waals surface area contributed by atoms with Crippen LogP contribution < -0.4 is 5.32 Å². The zero-order valence-corrected chi connectivity index (χ0v) is 16.8. The highest BCUT2D eigenvalue weighted by atomic mass is 19.1. The Balaban J connectivity index is 1.90. The van der Waals surface area contributed by atoms with Gasteiger partial charge in [0.05, 0.1) is 11.3 Å². The Kier molecular flexibility index (Phi) is 5.44. The molecule has 2 N–H and O–H groups in total. The number of carbonyl (C=O) groups is 1. The Morgan fingerprint density at radius 2 is 1.60 bits per heavy atom. The maximum atomic E-state index is 13.4. The number of nitrogens with zero attached hydrogens (tertiary/aromatic N) is 1. The summed E-state index contributed by atoms with van der Waals surface area (Å²) < 4.78 is 13.3. The number of aromatic nitrogens is 2. The van der Waals surface area contributed by atoms with E-state index in [1.807, 2.05) is 56.3 Å². The van der Waals surface area contributed by atoms with E-state index >= 15 is 0 Å². The highest BCUT2D eigenvalue weighted by Gasteiger charge is 2.26. The summed E-state index contributed by atoms with van der Waals surface area (Å²) in [4.78, 5) is 21.0. The second-order valence-electron chi connectivity index (χ2n) is 7.38. The third-order valence-electron chi connectivity index (χ3n) is 4.97. The van der Waals surface area contributed by atoms with Crippen molar-refractivity contribution in [2.45, 2.75) is 19.8 Å². The molecule has 4 nitrogen and oxygen atoms in total. The molecular weight excluding hydrogens is 377 g/mol. The third kappa shape index (κ3) is 3.87. The molecule has 1 amide bonds. The van der Waals surface area contributed by atoms with Gasteiger partial charge in [0, 0.05) is 34.9 Å². The number of anilines is 1. The van der Waals surface area contributed by atoms with Crippen molar-refractivity contribution in [3.63, 3.8) is 0 Å². The molecule has 0 saturated carbocycles. The first-order valence-corrected chi connectivity index (χ1v) is 9.83. The van der Waals surface area contributed by atoms with Gasteiger partial charge in [-0.15, -0.1) is 0 Å². The fourth-order valence-electron chi connectivity index (χ4n) is 3.54. The molecule has 0 fully saturated rings. The Labute approximate surface area is 174 Å². The molecule has 5 heteroatoms. The average Bonchev–Trinajstić information content (AvgIpc) is 3.18. The normalized spacial score (nSPS) is 10.9. The van der Waals surface area contributed by atoms with Gasteiger partial charge >= 0.3 is 0 Å². The standard InChI is InChI=1S/C25H22FN3O/c1-16(2)23-22(25(30)28-20-10-8-19(26)9-11-20)21(17-6-4-3-5-7-17)24(29-23)18-12-14-27-15-13-18/h3-16,29H,1-2H3,(H,28,30). The van der Waals surface area contributed by atoms with Crippen LogP contribution in [0.15, 0.2) is 79.1 Å². The van der Waals surface area contributed by atoms with Crippen LogP contribution in [0.2, 0.25) is 0 Å². The quantitative estimate of drug-likeness (QED) is 0.416. The highest BCUT2D eigenvalue weighted by molar-refractivity contribution is 6.12. The van der Waals surface area contributed by atoms with Gasteiger partial charge in [0.2, 0.25) is 0 Å². The summed E-state index contributed by atoms with van der Waals surface area (Å²) in [5.41, 5.74) is 5.58. The molecular formula is C25H22FN3O. The number of halogens is 1. The lowest BCUT2D eigenvalue weighted by Gasteiger charge is -2.12. The number of hydrogen-bond acceptors (Lipinski definition) is 2. The number of benzene rings is 2. The number of pyridine rings is 1. The summed E-state index contributed by atoms with van der Waals surface area (Å²) in [5, 5.41) is 2.92. The number of nitrogens with one attached hydrogen (secondary N) is 2. The maximum absolute atomic E-state index is 13.4. The molecule has 30 heavy (non-hydrogen) atoms. The summed E-state index contributed by atoms with van der Waals surface area (Å²) in [7, 11) is 0. The molecule has 0 aliphatic carbocycles. The SMILES string of the molecule is CC(C)c1[nH]c(-c2ccncc2)c(-c2ccccc2)c1C(=O)Nc1ccc(F)cc1. The molecule has 150 valence electrons. The maximum Gasteiger partial charge on any atom is 0.258 e. The summed E-state index contributed by atoms with van der Waals surface area (Å²) in [6.07, 6.45) is 3.47. The van der Waals surface area contributed by atoms with Crippen molar-refractivity contribution < 1.29 is 9.18 Å². The molecule has 0 saturated heterocycles. The van der Waals surface area contributed by atoms with Gasteiger partial charge in [-0.05, 0) is 47.9 Å². The van der Waals surface area contributed by atoms with Crippen molar-refractivity contribution in [2.75, 3.05) is 5.32 Å². The van der Waals surface area contributed by atoms with Crippen LogP contribution in [0.3, 0.4) is 0 Å². The molecule has 0 bridgehead atoms. The van der Waals surface area contributed by atoms with Crippen LogP contribution in [-0.2, 0) is 0 Å². The van der Waals surface area contributed by atoms with Crippen LogP contribution in [-0.4, -0.2) is 15.9 Å². The number of H-pyrrole nitrogens is 1. The Morgan fingerprint density at radius 3 is 2.23 bits per heavy atom. The number of aromatic amines is 1. The second kappa shape index (κ2) is 8.33. The van der Waals surface area contributed by atoms with E-state index in [2.05, 4.69) is 15.3 Å². The molecule has 0 atom stereocenters. The number of carbonyl (C=O) groups excluding carboxylic acids is 1. The van der Waals surface area contributed by atoms with Crippen LogP contribution in [0.1, 0.15) is 35.8 Å². The molecule has 0 radical (unpaired) electrons. The van der Waals surface area contributed by atoms with Gasteiger partial charge in [-0.25, -0.2) is 4.39 Å². The van der Waals surface area contributed by atoms with E-state index in [1.54, 1.807) is 24.5 Å². The minimum absolute atomic E-state index is 0.0945. The van der Waals surface area contributed by atoms with Gasteiger partial charge in [0.15, 0.2) is 0 Å². The molecule has 2 aromatic heterocycles. The Morgan fingerprint density at radius 1 is 0.933 bits per heavy atom. The highest BCUT2D eigenvalue weighted by Crippen LogP contribution is 2.39. The van der Waals surface area contributed by atoms with Crippen LogP contribution in [0.4, 0.5) is 10.1 Å². The summed E-state index contributed by atoms with van der Waals surface area (Å²) in [6.45, 7) is 4.09. The predicted molar refractivity (Wildman–Crippen MR) is 118 cm³/mol. The van der Waals surface area contributed by atoms with Crippen molar-refractivity contribution in [2.24, 2.45) is 0 Å². The van der Waals surface area contributed by atoms with Crippen molar-refractivity contribution in [3.8, 4) is 22.4 Å². The first kappa shape index (κ1) is 19.6. The minimum atomic E-state index is -0.345. The molecule has 0 aliphatic rings. The van der Waals surface area contributed by atoms with E-state index in [9.17, 15) is 9.18 Å². The average molecular weight is 399 g/mol. The number of amides is 1. The van der Waals surface area contributed by atoms with Crippen LogP contribution in [0, 0.1) is 5.82 Å². The van der Waals surface area contributed by atoms with E-state index in [0.717, 1.165) is 28.1 Å². The van der Waals surface area contributed by atoms with Gasteiger partial charge in [-0.3, -0.25) is 9.78 Å². The molecule has 2 aromatic carbocycles. The summed E-state index contributed by atoms with van der Waals surface area (Å²) >= 11 is 0. The van der Waals surface area contributed by atoms with E-state index < -0.39 is 0 Å². The Bertz CT molecular complexity index is 1150. The lowest BCUT2D eigenvalue weighted by atomic mass is 9.94. The fourth-order valence-corrected chi connectivity index (χ4v) is 3.54. The smallest absolute Gasteiger partial charge is 0.258 e. The Hall–Kier alpha value is -3.73. The molecule has 0 spiro atoms. The van der Waals surface area contributed by atoms with Crippen molar-refractivity contribution in [3.05, 3.63) is 96.2 Å². The lowest BCUT2D eigenvalue weighted by molar-refractivity contribution is 0.102. The summed E-state index contributed by atoms with van der Waals surface area (Å²) in [6, 6.07) is 19.5. The van der Waals surface area contributed by atoms with Gasteiger partial charge in [0.1, 0.15) is 5.82 Å². The summed E-state index contributed by atoms with van der Waals surface area (Å²) in [5.74, 6) is -0.486. The van der Waals surface area contributed by atoms with Gasteiger partial charge in [-0.2, -0.15) is 0 Å².